The van der Waals surface area contributed by atoms with Crippen molar-refractivity contribution in [3.63, 3.8) is 0 Å². The molecule has 0 aromatic heterocycles. The third kappa shape index (κ3) is 6.62. The van der Waals surface area contributed by atoms with Gasteiger partial charge in [-0.15, -0.1) is 0 Å². The fraction of sp³-hybridized carbons (Fsp3) is 0.438. The summed E-state index contributed by atoms with van der Waals surface area (Å²) in [6.45, 7) is 39.3. The molecule has 2 aliphatic heterocycles. The molecule has 0 fully saturated rings. The van der Waals surface area contributed by atoms with Gasteiger partial charge in [0, 0.05) is 34.1 Å². The summed E-state index contributed by atoms with van der Waals surface area (Å²) in [5, 5.41) is 0. The van der Waals surface area contributed by atoms with Gasteiger partial charge in [-0.3, -0.25) is 0 Å². The maximum absolute atomic E-state index is 2.73. The van der Waals surface area contributed by atoms with Crippen molar-refractivity contribution in [3.05, 3.63) is 148 Å². The summed E-state index contributed by atoms with van der Waals surface area (Å²) in [5.74, 6) is 0. The van der Waals surface area contributed by atoms with E-state index in [1.165, 1.54) is 132 Å². The second-order valence-corrected chi connectivity index (χ2v) is 26.8. The fourth-order valence-corrected chi connectivity index (χ4v) is 13.9. The second kappa shape index (κ2) is 14.0. The number of hydrogen-bond acceptors (Lipinski definition) is 2. The number of nitrogens with zero attached hydrogens (tertiary/aromatic N) is 2. The molecule has 2 nitrogen and oxygen atoms in total. The lowest BCUT2D eigenvalue weighted by Gasteiger charge is -2.48. The Labute approximate surface area is 404 Å². The Hall–Kier alpha value is -5.02. The smallest absolute Gasteiger partial charge is 0.252 e. The highest BCUT2D eigenvalue weighted by Crippen LogP contribution is 2.56. The molecule has 67 heavy (non-hydrogen) atoms. The summed E-state index contributed by atoms with van der Waals surface area (Å²) in [6, 6.07) is 41.8. The summed E-state index contributed by atoms with van der Waals surface area (Å²) < 4.78 is 0. The molecule has 0 saturated carbocycles. The second-order valence-electron chi connectivity index (χ2n) is 26.8. The van der Waals surface area contributed by atoms with Crippen molar-refractivity contribution in [2.45, 2.75) is 181 Å². The zero-order chi connectivity index (χ0) is 47.8. The van der Waals surface area contributed by atoms with E-state index in [2.05, 4.69) is 224 Å². The van der Waals surface area contributed by atoms with Crippen LogP contribution in [0.15, 0.2) is 103 Å². The first-order chi connectivity index (χ1) is 31.2. The van der Waals surface area contributed by atoms with Gasteiger partial charge in [0.2, 0.25) is 0 Å². The van der Waals surface area contributed by atoms with Crippen LogP contribution in [0.4, 0.5) is 34.1 Å². The van der Waals surface area contributed by atoms with Crippen LogP contribution in [-0.2, 0) is 37.9 Å². The molecule has 3 heteroatoms. The Morgan fingerprint density at radius 2 is 0.925 bits per heavy atom. The van der Waals surface area contributed by atoms with Crippen LogP contribution in [0.3, 0.4) is 0 Å². The van der Waals surface area contributed by atoms with Crippen LogP contribution >= 0.6 is 0 Å². The van der Waals surface area contributed by atoms with E-state index in [0.29, 0.717) is 0 Å². The van der Waals surface area contributed by atoms with E-state index in [9.17, 15) is 0 Å². The van der Waals surface area contributed by atoms with Crippen molar-refractivity contribution in [1.29, 1.82) is 0 Å². The predicted molar refractivity (Wildman–Crippen MR) is 291 cm³/mol. The lowest BCUT2D eigenvalue weighted by atomic mass is 9.33. The van der Waals surface area contributed by atoms with Crippen molar-refractivity contribution in [2.24, 2.45) is 0 Å². The van der Waals surface area contributed by atoms with Crippen molar-refractivity contribution in [1.82, 2.24) is 0 Å². The molecule has 0 N–H and O–H groups in total. The van der Waals surface area contributed by atoms with Gasteiger partial charge in [-0.2, -0.15) is 0 Å². The molecule has 0 atom stereocenters. The van der Waals surface area contributed by atoms with Crippen molar-refractivity contribution in [3.8, 4) is 11.1 Å². The van der Waals surface area contributed by atoms with Gasteiger partial charge in [0.05, 0.1) is 0 Å². The standard InChI is InChI=1S/C64H75BN2/c1-39-30-45-49(64(15,16)38-63(45,13)14)36-52(39)67-53-31-41(40-20-18-17-19-21-40)22-25-50(53)65-51-35-47-48(62(11,12)29-28-61(47,9)10)37-54(51)66(55-32-42(58(2,3)4)33-56(67)57(55)65)43-23-24-44-46(34-43)60(7,8)27-26-59(44,5)6/h17-25,30-37H,26-29,38H2,1-16H3. The molecule has 344 valence electrons. The molecular formula is C64H75BN2. The lowest BCUT2D eigenvalue weighted by Crippen LogP contribution is -2.62. The van der Waals surface area contributed by atoms with E-state index in [-0.39, 0.29) is 44.6 Å². The monoisotopic (exact) mass is 883 g/mol. The van der Waals surface area contributed by atoms with E-state index in [1.807, 2.05) is 0 Å². The van der Waals surface area contributed by atoms with Crippen LogP contribution in [0, 0.1) is 6.92 Å². The van der Waals surface area contributed by atoms with Crippen LogP contribution in [0.1, 0.15) is 180 Å². The zero-order valence-corrected chi connectivity index (χ0v) is 43.8. The normalized spacial score (nSPS) is 20.6. The molecule has 0 radical (unpaired) electrons. The first-order valence-electron chi connectivity index (χ1n) is 25.7. The topological polar surface area (TPSA) is 6.48 Å². The Kier molecular flexibility index (Phi) is 9.33. The van der Waals surface area contributed by atoms with Gasteiger partial charge < -0.3 is 9.80 Å². The number of hydrogen-bond donors (Lipinski definition) is 0. The molecule has 0 unspecified atom stereocenters. The molecule has 0 bridgehead atoms. The average Bonchev–Trinajstić information content (AvgIpc) is 3.44. The van der Waals surface area contributed by atoms with Crippen LogP contribution in [-0.4, -0.2) is 6.71 Å². The number of benzene rings is 6. The highest BCUT2D eigenvalue weighted by molar-refractivity contribution is 7.00. The van der Waals surface area contributed by atoms with Gasteiger partial charge in [-0.25, -0.2) is 0 Å². The number of anilines is 6. The van der Waals surface area contributed by atoms with Gasteiger partial charge in [0.25, 0.3) is 6.71 Å². The molecule has 6 aromatic carbocycles. The summed E-state index contributed by atoms with van der Waals surface area (Å²) in [6.07, 6.45) is 5.90. The summed E-state index contributed by atoms with van der Waals surface area (Å²) >= 11 is 0. The van der Waals surface area contributed by atoms with E-state index >= 15 is 0 Å². The molecule has 5 aliphatic rings. The minimum absolute atomic E-state index is 0.0468. The van der Waals surface area contributed by atoms with Crippen LogP contribution in [0.25, 0.3) is 11.1 Å². The largest absolute Gasteiger partial charge is 0.311 e. The average molecular weight is 883 g/mol. The molecule has 6 aromatic rings. The molecule has 0 amide bonds. The molecule has 2 heterocycles. The Balaban J connectivity index is 1.28. The quantitative estimate of drug-likeness (QED) is 0.163. The van der Waals surface area contributed by atoms with Gasteiger partial charge in [0.1, 0.15) is 0 Å². The van der Waals surface area contributed by atoms with Gasteiger partial charge in [0.15, 0.2) is 0 Å². The maximum Gasteiger partial charge on any atom is 0.252 e. The maximum atomic E-state index is 2.73. The Morgan fingerprint density at radius 3 is 1.54 bits per heavy atom. The summed E-state index contributed by atoms with van der Waals surface area (Å²) in [4.78, 5) is 5.45. The minimum Gasteiger partial charge on any atom is -0.311 e. The molecule has 0 spiro atoms. The third-order valence-electron chi connectivity index (χ3n) is 18.0. The highest BCUT2D eigenvalue weighted by atomic mass is 15.2. The van der Waals surface area contributed by atoms with Gasteiger partial charge in [-0.05, 0) is 191 Å². The van der Waals surface area contributed by atoms with E-state index in [4.69, 9.17) is 0 Å². The fourth-order valence-electron chi connectivity index (χ4n) is 13.9. The van der Waals surface area contributed by atoms with Crippen LogP contribution in [0.2, 0.25) is 0 Å². The summed E-state index contributed by atoms with van der Waals surface area (Å²) in [5.41, 5.74) is 26.7. The minimum atomic E-state index is -0.104. The van der Waals surface area contributed by atoms with Crippen molar-refractivity contribution in [2.75, 3.05) is 9.80 Å². The van der Waals surface area contributed by atoms with Gasteiger partial charge in [-0.1, -0.05) is 165 Å². The van der Waals surface area contributed by atoms with Crippen LogP contribution in [0.5, 0.6) is 0 Å². The van der Waals surface area contributed by atoms with Crippen LogP contribution < -0.4 is 26.2 Å². The van der Waals surface area contributed by atoms with E-state index in [1.54, 1.807) is 0 Å². The van der Waals surface area contributed by atoms with Crippen molar-refractivity contribution >= 4 is 57.2 Å². The predicted octanol–water partition coefficient (Wildman–Crippen LogP) is 15.7. The molecule has 3 aliphatic carbocycles. The first-order valence-corrected chi connectivity index (χ1v) is 25.7. The van der Waals surface area contributed by atoms with Gasteiger partial charge >= 0.3 is 0 Å². The lowest BCUT2D eigenvalue weighted by molar-refractivity contribution is 0.332. The first kappa shape index (κ1) is 44.5. The number of rotatable bonds is 3. The zero-order valence-electron chi connectivity index (χ0n) is 43.8. The number of fused-ring (bicyclic) bond motifs is 7. The SMILES string of the molecule is Cc1cc2c(cc1N1c3cc(-c4ccccc4)ccc3B3c4cc5c(cc4N(c4ccc6c(c4)C(C)(C)CCC6(C)C)c4cc(C(C)(C)C)cc1c43)C(C)(C)CCC5(C)C)C(C)(C)CC2(C)C. The summed E-state index contributed by atoms with van der Waals surface area (Å²) in [7, 11) is 0. The van der Waals surface area contributed by atoms with E-state index < -0.39 is 0 Å². The van der Waals surface area contributed by atoms with Crippen molar-refractivity contribution < 1.29 is 0 Å². The Morgan fingerprint density at radius 1 is 0.418 bits per heavy atom. The molecule has 11 rings (SSSR count). The van der Waals surface area contributed by atoms with E-state index in [0.717, 1.165) is 6.42 Å². The Bertz CT molecular complexity index is 3060. The third-order valence-corrected chi connectivity index (χ3v) is 18.0. The highest BCUT2D eigenvalue weighted by Gasteiger charge is 2.49. The number of aryl methyl sites for hydroxylation is 1. The molecular weight excluding hydrogens is 808 g/mol. The molecule has 0 saturated heterocycles.